The summed E-state index contributed by atoms with van der Waals surface area (Å²) in [5.41, 5.74) is -0.611. The SMILES string of the molecule is CN1C(=O)OC(N2CCN(CC(=O)O)CC2)C1CCCN1CCN(C(=N)NC(=O)OC(C)(C)C)CC1. The van der Waals surface area contributed by atoms with Crippen molar-refractivity contribution in [1.29, 1.82) is 5.41 Å². The highest BCUT2D eigenvalue weighted by atomic mass is 16.6. The molecule has 0 aliphatic carbocycles. The monoisotopic (exact) mass is 511 g/mol. The second kappa shape index (κ2) is 12.1. The summed E-state index contributed by atoms with van der Waals surface area (Å²) in [5, 5.41) is 19.7. The van der Waals surface area contributed by atoms with Crippen LogP contribution in [0.1, 0.15) is 33.6 Å². The molecule has 2 amide bonds. The number of carboxylic acids is 1. The molecule has 0 aromatic carbocycles. The molecule has 2 atom stereocenters. The number of amides is 2. The Kier molecular flexibility index (Phi) is 9.36. The molecule has 3 saturated heterocycles. The molecule has 0 bridgehead atoms. The molecule has 0 radical (unpaired) electrons. The molecule has 3 aliphatic heterocycles. The van der Waals surface area contributed by atoms with Gasteiger partial charge in [-0.15, -0.1) is 0 Å². The topological polar surface area (TPSA) is 142 Å². The number of carbonyl (C=O) groups is 3. The average Bonchev–Trinajstić information content (AvgIpc) is 3.07. The number of nitrogens with zero attached hydrogens (tertiary/aromatic N) is 5. The van der Waals surface area contributed by atoms with E-state index in [-0.39, 0.29) is 30.9 Å². The van der Waals surface area contributed by atoms with E-state index in [9.17, 15) is 14.4 Å². The first kappa shape index (κ1) is 27.9. The molecule has 0 spiro atoms. The number of guanidine groups is 1. The highest BCUT2D eigenvalue weighted by Crippen LogP contribution is 2.26. The number of nitrogens with one attached hydrogen (secondary N) is 2. The molecule has 3 heterocycles. The summed E-state index contributed by atoms with van der Waals surface area (Å²) >= 11 is 0. The van der Waals surface area contributed by atoms with Gasteiger partial charge in [-0.3, -0.25) is 30.2 Å². The zero-order valence-corrected chi connectivity index (χ0v) is 21.9. The Morgan fingerprint density at radius 1 is 1.08 bits per heavy atom. The van der Waals surface area contributed by atoms with Crippen molar-refractivity contribution in [3.05, 3.63) is 0 Å². The number of carboxylic acid groups (broad SMARTS) is 1. The predicted molar refractivity (Wildman–Crippen MR) is 132 cm³/mol. The molecular weight excluding hydrogens is 470 g/mol. The Bertz CT molecular complexity index is 803. The van der Waals surface area contributed by atoms with E-state index in [2.05, 4.69) is 15.1 Å². The van der Waals surface area contributed by atoms with E-state index in [0.717, 1.165) is 32.5 Å². The van der Waals surface area contributed by atoms with Crippen molar-refractivity contribution in [3.63, 3.8) is 0 Å². The van der Waals surface area contributed by atoms with Gasteiger partial charge in [-0.05, 0) is 40.2 Å². The van der Waals surface area contributed by atoms with Crippen LogP contribution in [-0.4, -0.2) is 144 Å². The smallest absolute Gasteiger partial charge is 0.414 e. The first-order valence-corrected chi connectivity index (χ1v) is 12.6. The first-order chi connectivity index (χ1) is 16.9. The summed E-state index contributed by atoms with van der Waals surface area (Å²) in [4.78, 5) is 45.0. The van der Waals surface area contributed by atoms with Gasteiger partial charge in [-0.25, -0.2) is 9.59 Å². The Labute approximate surface area is 212 Å². The average molecular weight is 512 g/mol. The van der Waals surface area contributed by atoms with Crippen LogP contribution >= 0.6 is 0 Å². The van der Waals surface area contributed by atoms with Gasteiger partial charge in [0.2, 0.25) is 5.96 Å². The number of rotatable bonds is 7. The number of aliphatic carboxylic acids is 1. The van der Waals surface area contributed by atoms with Crippen LogP contribution < -0.4 is 5.32 Å². The fourth-order valence-electron chi connectivity index (χ4n) is 4.81. The van der Waals surface area contributed by atoms with E-state index in [1.54, 1.807) is 32.7 Å². The maximum Gasteiger partial charge on any atom is 0.414 e. The van der Waals surface area contributed by atoms with Gasteiger partial charge in [0.1, 0.15) is 5.60 Å². The molecule has 0 aromatic rings. The van der Waals surface area contributed by atoms with E-state index < -0.39 is 17.7 Å². The van der Waals surface area contributed by atoms with Crippen LogP contribution in [0.2, 0.25) is 0 Å². The van der Waals surface area contributed by atoms with Gasteiger partial charge in [0.25, 0.3) is 0 Å². The number of alkyl carbamates (subject to hydrolysis) is 1. The third-order valence-corrected chi connectivity index (χ3v) is 6.74. The summed E-state index contributed by atoms with van der Waals surface area (Å²) < 4.78 is 10.9. The standard InChI is InChI=1S/C23H41N7O6/c1-23(2,3)36-21(33)25-20(24)30-14-8-27(9-15-30)7-5-6-17-19(35-22(34)26(17)4)29-12-10-28(11-13-29)16-18(31)32/h17,19H,5-16H2,1-4H3,(H,31,32)(H2,24,25,33). The van der Waals surface area contributed by atoms with Crippen LogP contribution in [0.15, 0.2) is 0 Å². The third kappa shape index (κ3) is 7.93. The summed E-state index contributed by atoms with van der Waals surface area (Å²) in [6.45, 7) is 11.7. The van der Waals surface area contributed by atoms with Crippen LogP contribution in [0.25, 0.3) is 0 Å². The highest BCUT2D eigenvalue weighted by molar-refractivity contribution is 5.92. The molecule has 204 valence electrons. The van der Waals surface area contributed by atoms with Crippen LogP contribution in [0.3, 0.4) is 0 Å². The molecule has 0 aromatic heterocycles. The Morgan fingerprint density at radius 3 is 2.28 bits per heavy atom. The van der Waals surface area contributed by atoms with Crippen molar-refractivity contribution in [2.24, 2.45) is 0 Å². The Balaban J connectivity index is 1.39. The van der Waals surface area contributed by atoms with E-state index in [0.29, 0.717) is 39.3 Å². The van der Waals surface area contributed by atoms with Gasteiger partial charge < -0.3 is 24.4 Å². The van der Waals surface area contributed by atoms with Crippen molar-refractivity contribution in [3.8, 4) is 0 Å². The van der Waals surface area contributed by atoms with E-state index in [1.165, 1.54) is 0 Å². The normalized spacial score (nSPS) is 24.5. The summed E-state index contributed by atoms with van der Waals surface area (Å²) in [5.74, 6) is -0.774. The summed E-state index contributed by atoms with van der Waals surface area (Å²) in [6, 6.07) is -0.0454. The molecule has 13 nitrogen and oxygen atoms in total. The molecule has 36 heavy (non-hydrogen) atoms. The van der Waals surface area contributed by atoms with Crippen molar-refractivity contribution in [2.45, 2.75) is 51.5 Å². The number of cyclic esters (lactones) is 1. The highest BCUT2D eigenvalue weighted by Gasteiger charge is 2.43. The van der Waals surface area contributed by atoms with E-state index >= 15 is 0 Å². The zero-order valence-electron chi connectivity index (χ0n) is 21.9. The number of carbonyl (C=O) groups excluding carboxylic acids is 2. The van der Waals surface area contributed by atoms with Crippen LogP contribution in [0.5, 0.6) is 0 Å². The second-order valence-corrected chi connectivity index (χ2v) is 10.6. The predicted octanol–water partition coefficient (Wildman–Crippen LogP) is 0.323. The molecular formula is C23H41N7O6. The number of ether oxygens (including phenoxy) is 2. The molecule has 0 saturated carbocycles. The third-order valence-electron chi connectivity index (χ3n) is 6.74. The summed E-state index contributed by atoms with van der Waals surface area (Å²) in [6.07, 6.45) is 0.450. The van der Waals surface area contributed by atoms with Gasteiger partial charge in [0, 0.05) is 59.4 Å². The maximum absolute atomic E-state index is 12.3. The zero-order chi connectivity index (χ0) is 26.5. The Hall–Kier alpha value is -2.64. The number of hydrogen-bond donors (Lipinski definition) is 3. The maximum atomic E-state index is 12.3. The minimum Gasteiger partial charge on any atom is -0.480 e. The van der Waals surface area contributed by atoms with Crippen molar-refractivity contribution in [2.75, 3.05) is 72.5 Å². The van der Waals surface area contributed by atoms with Crippen molar-refractivity contribution < 1.29 is 29.0 Å². The van der Waals surface area contributed by atoms with Crippen molar-refractivity contribution in [1.82, 2.24) is 29.8 Å². The molecule has 13 heteroatoms. The second-order valence-electron chi connectivity index (χ2n) is 10.6. The lowest BCUT2D eigenvalue weighted by Crippen LogP contribution is -2.55. The van der Waals surface area contributed by atoms with Crippen LogP contribution in [0, 0.1) is 5.41 Å². The van der Waals surface area contributed by atoms with Gasteiger partial charge in [0.15, 0.2) is 6.23 Å². The lowest BCUT2D eigenvalue weighted by Gasteiger charge is -2.38. The fourth-order valence-corrected chi connectivity index (χ4v) is 4.81. The lowest BCUT2D eigenvalue weighted by atomic mass is 10.1. The lowest BCUT2D eigenvalue weighted by molar-refractivity contribution is -0.139. The number of hydrogen-bond acceptors (Lipinski definition) is 9. The van der Waals surface area contributed by atoms with Crippen molar-refractivity contribution >= 4 is 24.1 Å². The molecule has 3 N–H and O–H groups in total. The molecule has 3 aliphatic rings. The van der Waals surface area contributed by atoms with Gasteiger partial charge in [-0.2, -0.15) is 0 Å². The Morgan fingerprint density at radius 2 is 1.69 bits per heavy atom. The molecule has 2 unspecified atom stereocenters. The quantitative estimate of drug-likeness (QED) is 0.323. The number of likely N-dealkylation sites (N-methyl/N-ethyl adjacent to an activating group) is 1. The summed E-state index contributed by atoms with van der Waals surface area (Å²) in [7, 11) is 1.77. The minimum atomic E-state index is -0.828. The fraction of sp³-hybridized carbons (Fsp3) is 0.826. The van der Waals surface area contributed by atoms with Gasteiger partial charge >= 0.3 is 18.2 Å². The van der Waals surface area contributed by atoms with E-state index in [4.69, 9.17) is 20.0 Å². The van der Waals surface area contributed by atoms with Crippen LogP contribution in [0.4, 0.5) is 9.59 Å². The molecule has 3 fully saturated rings. The minimum absolute atomic E-state index is 0.0332. The van der Waals surface area contributed by atoms with E-state index in [1.807, 2.05) is 9.80 Å². The number of piperazine rings is 2. The van der Waals surface area contributed by atoms with Gasteiger partial charge in [-0.1, -0.05) is 0 Å². The van der Waals surface area contributed by atoms with Crippen LogP contribution in [-0.2, 0) is 14.3 Å². The van der Waals surface area contributed by atoms with Gasteiger partial charge in [0.05, 0.1) is 12.6 Å². The largest absolute Gasteiger partial charge is 0.480 e. The first-order valence-electron chi connectivity index (χ1n) is 12.6. The molecule has 3 rings (SSSR count).